The van der Waals surface area contributed by atoms with Gasteiger partial charge in [0.05, 0.1) is 6.61 Å². The third-order valence-electron chi connectivity index (χ3n) is 4.42. The van der Waals surface area contributed by atoms with E-state index in [2.05, 4.69) is 24.0 Å². The first-order valence-corrected chi connectivity index (χ1v) is 8.22. The Hall–Kier alpha value is 0.270. The molecule has 0 aliphatic heterocycles. The molecule has 1 N–H and O–H groups in total. The Morgan fingerprint density at radius 1 is 1.35 bits per heavy atom. The van der Waals surface area contributed by atoms with Crippen LogP contribution in [0.2, 0.25) is 0 Å². The first-order valence-electron chi connectivity index (χ1n) is 7.07. The SMILES string of the molecule is CCSCCC1(CNCCOC)CC2CC2C1. The van der Waals surface area contributed by atoms with E-state index in [0.29, 0.717) is 5.41 Å². The van der Waals surface area contributed by atoms with Crippen LogP contribution in [0.25, 0.3) is 0 Å². The lowest BCUT2D eigenvalue weighted by molar-refractivity contribution is 0.185. The first-order chi connectivity index (χ1) is 8.29. The van der Waals surface area contributed by atoms with Crippen molar-refractivity contribution in [1.29, 1.82) is 0 Å². The van der Waals surface area contributed by atoms with Crippen molar-refractivity contribution in [1.82, 2.24) is 5.32 Å². The second kappa shape index (κ2) is 6.44. The molecular weight excluding hydrogens is 230 g/mol. The van der Waals surface area contributed by atoms with E-state index in [1.54, 1.807) is 7.11 Å². The summed E-state index contributed by atoms with van der Waals surface area (Å²) in [7, 11) is 1.78. The van der Waals surface area contributed by atoms with Crippen LogP contribution >= 0.6 is 11.8 Å². The number of rotatable bonds is 9. The van der Waals surface area contributed by atoms with E-state index in [1.807, 2.05) is 0 Å². The van der Waals surface area contributed by atoms with Gasteiger partial charge >= 0.3 is 0 Å². The van der Waals surface area contributed by atoms with E-state index in [-0.39, 0.29) is 0 Å². The van der Waals surface area contributed by atoms with Crippen LogP contribution in [0.3, 0.4) is 0 Å². The van der Waals surface area contributed by atoms with Crippen molar-refractivity contribution in [2.24, 2.45) is 17.3 Å². The topological polar surface area (TPSA) is 21.3 Å². The molecule has 0 aromatic carbocycles. The number of methoxy groups -OCH3 is 1. The van der Waals surface area contributed by atoms with Crippen molar-refractivity contribution >= 4 is 11.8 Å². The molecule has 2 fully saturated rings. The molecule has 3 heteroatoms. The van der Waals surface area contributed by atoms with Crippen molar-refractivity contribution in [3.63, 3.8) is 0 Å². The molecule has 0 saturated heterocycles. The molecule has 2 aliphatic carbocycles. The minimum Gasteiger partial charge on any atom is -0.383 e. The van der Waals surface area contributed by atoms with E-state index >= 15 is 0 Å². The van der Waals surface area contributed by atoms with Crippen LogP contribution < -0.4 is 5.32 Å². The minimum atomic E-state index is 0.628. The molecule has 2 aliphatic rings. The van der Waals surface area contributed by atoms with Gasteiger partial charge < -0.3 is 10.1 Å². The number of hydrogen-bond acceptors (Lipinski definition) is 3. The summed E-state index contributed by atoms with van der Waals surface area (Å²) >= 11 is 2.10. The number of nitrogens with one attached hydrogen (secondary N) is 1. The van der Waals surface area contributed by atoms with Crippen LogP contribution in [0.4, 0.5) is 0 Å². The smallest absolute Gasteiger partial charge is 0.0587 e. The van der Waals surface area contributed by atoms with Crippen molar-refractivity contribution in [3.8, 4) is 0 Å². The lowest BCUT2D eigenvalue weighted by Crippen LogP contribution is -2.35. The maximum Gasteiger partial charge on any atom is 0.0587 e. The fourth-order valence-electron chi connectivity index (χ4n) is 3.40. The molecule has 0 heterocycles. The van der Waals surface area contributed by atoms with Crippen molar-refractivity contribution in [2.45, 2.75) is 32.6 Å². The summed E-state index contributed by atoms with van der Waals surface area (Å²) in [6.07, 6.45) is 5.92. The molecule has 2 saturated carbocycles. The Labute approximate surface area is 110 Å². The highest BCUT2D eigenvalue weighted by atomic mass is 32.2. The molecule has 0 aromatic heterocycles. The Kier molecular flexibility index (Phi) is 5.19. The van der Waals surface area contributed by atoms with Gasteiger partial charge in [0.15, 0.2) is 0 Å². The third-order valence-corrected chi connectivity index (χ3v) is 5.32. The summed E-state index contributed by atoms with van der Waals surface area (Å²) in [6.45, 7) is 5.33. The van der Waals surface area contributed by atoms with Crippen LogP contribution in [0.5, 0.6) is 0 Å². The highest BCUT2D eigenvalue weighted by Gasteiger charge is 2.52. The van der Waals surface area contributed by atoms with Crippen molar-refractivity contribution in [2.75, 3.05) is 38.3 Å². The van der Waals surface area contributed by atoms with Gasteiger partial charge in [-0.05, 0) is 54.4 Å². The van der Waals surface area contributed by atoms with Gasteiger partial charge in [0.2, 0.25) is 0 Å². The number of thioether (sulfide) groups is 1. The lowest BCUT2D eigenvalue weighted by atomic mass is 9.80. The van der Waals surface area contributed by atoms with Gasteiger partial charge in [0.1, 0.15) is 0 Å². The molecule has 0 amide bonds. The number of fused-ring (bicyclic) bond motifs is 1. The van der Waals surface area contributed by atoms with Crippen LogP contribution in [-0.4, -0.2) is 38.3 Å². The Bertz CT molecular complexity index is 224. The summed E-state index contributed by atoms with van der Waals surface area (Å²) < 4.78 is 5.10. The van der Waals surface area contributed by atoms with E-state index in [0.717, 1.165) is 25.0 Å². The van der Waals surface area contributed by atoms with Gasteiger partial charge in [0, 0.05) is 20.2 Å². The summed E-state index contributed by atoms with van der Waals surface area (Å²) in [4.78, 5) is 0. The maximum absolute atomic E-state index is 5.10. The number of hydrogen-bond donors (Lipinski definition) is 1. The second-order valence-electron chi connectivity index (χ2n) is 5.78. The average molecular weight is 257 g/mol. The molecule has 2 unspecified atom stereocenters. The van der Waals surface area contributed by atoms with Gasteiger partial charge in [-0.2, -0.15) is 11.8 Å². The van der Waals surface area contributed by atoms with Crippen LogP contribution in [0, 0.1) is 17.3 Å². The molecule has 0 radical (unpaired) electrons. The van der Waals surface area contributed by atoms with E-state index in [1.165, 1.54) is 43.7 Å². The molecular formula is C14H27NOS. The summed E-state index contributed by atoms with van der Waals surface area (Å²) in [5.74, 6) is 4.79. The maximum atomic E-state index is 5.10. The molecule has 2 nitrogen and oxygen atoms in total. The zero-order chi connectivity index (χ0) is 12.1. The van der Waals surface area contributed by atoms with E-state index in [9.17, 15) is 0 Å². The zero-order valence-electron chi connectivity index (χ0n) is 11.3. The first kappa shape index (κ1) is 13.7. The standard InChI is InChI=1S/C14H27NOS/c1-3-17-7-4-14(11-15-5-6-16-2)9-12-8-13(12)10-14/h12-13,15H,3-11H2,1-2H3. The molecule has 17 heavy (non-hydrogen) atoms. The lowest BCUT2D eigenvalue weighted by Gasteiger charge is -2.31. The summed E-state index contributed by atoms with van der Waals surface area (Å²) in [5, 5.41) is 3.60. The summed E-state index contributed by atoms with van der Waals surface area (Å²) in [5.41, 5.74) is 0.628. The molecule has 2 atom stereocenters. The Morgan fingerprint density at radius 3 is 2.76 bits per heavy atom. The number of ether oxygens (including phenoxy) is 1. The fourth-order valence-corrected chi connectivity index (χ4v) is 4.27. The molecule has 2 rings (SSSR count). The predicted octanol–water partition coefficient (Wildman–Crippen LogP) is 2.78. The monoisotopic (exact) mass is 257 g/mol. The normalized spacial score (nSPS) is 34.9. The van der Waals surface area contributed by atoms with Crippen molar-refractivity contribution in [3.05, 3.63) is 0 Å². The largest absolute Gasteiger partial charge is 0.383 e. The van der Waals surface area contributed by atoms with E-state index < -0.39 is 0 Å². The molecule has 100 valence electrons. The Balaban J connectivity index is 1.72. The molecule has 0 bridgehead atoms. The highest BCUT2D eigenvalue weighted by Crippen LogP contribution is 2.61. The quantitative estimate of drug-likeness (QED) is 0.642. The predicted molar refractivity (Wildman–Crippen MR) is 75.6 cm³/mol. The average Bonchev–Trinajstić information content (AvgIpc) is 2.94. The molecule has 0 aromatic rings. The van der Waals surface area contributed by atoms with Gasteiger partial charge in [0.25, 0.3) is 0 Å². The van der Waals surface area contributed by atoms with Crippen LogP contribution in [0.1, 0.15) is 32.6 Å². The summed E-state index contributed by atoms with van der Waals surface area (Å²) in [6, 6.07) is 0. The van der Waals surface area contributed by atoms with Gasteiger partial charge in [-0.25, -0.2) is 0 Å². The Morgan fingerprint density at radius 2 is 2.12 bits per heavy atom. The fraction of sp³-hybridized carbons (Fsp3) is 1.00. The van der Waals surface area contributed by atoms with E-state index in [4.69, 9.17) is 4.74 Å². The van der Waals surface area contributed by atoms with Crippen molar-refractivity contribution < 1.29 is 4.74 Å². The van der Waals surface area contributed by atoms with Gasteiger partial charge in [-0.15, -0.1) is 0 Å². The van der Waals surface area contributed by atoms with Crippen LogP contribution in [-0.2, 0) is 4.74 Å². The highest BCUT2D eigenvalue weighted by molar-refractivity contribution is 7.99. The van der Waals surface area contributed by atoms with Gasteiger partial charge in [-0.3, -0.25) is 0 Å². The zero-order valence-corrected chi connectivity index (χ0v) is 12.2. The second-order valence-corrected chi connectivity index (χ2v) is 7.17. The minimum absolute atomic E-state index is 0.628. The van der Waals surface area contributed by atoms with Gasteiger partial charge in [-0.1, -0.05) is 6.92 Å². The molecule has 0 spiro atoms. The van der Waals surface area contributed by atoms with Crippen LogP contribution in [0.15, 0.2) is 0 Å². The third kappa shape index (κ3) is 3.87.